The minimum atomic E-state index is 0.671. The average Bonchev–Trinajstić information content (AvgIpc) is 2.77. The van der Waals surface area contributed by atoms with Crippen molar-refractivity contribution in [3.05, 3.63) is 41.7 Å². The molecular formula is C15H21N3. The molecule has 0 aliphatic rings. The van der Waals surface area contributed by atoms with Gasteiger partial charge in [-0.1, -0.05) is 37.6 Å². The van der Waals surface area contributed by atoms with Crippen molar-refractivity contribution in [1.82, 2.24) is 15.3 Å². The summed E-state index contributed by atoms with van der Waals surface area (Å²) < 4.78 is 0. The number of benzene rings is 1. The molecule has 1 aromatic heterocycles. The second-order valence-electron chi connectivity index (χ2n) is 5.15. The van der Waals surface area contributed by atoms with E-state index in [1.807, 2.05) is 6.20 Å². The zero-order valence-electron chi connectivity index (χ0n) is 11.3. The van der Waals surface area contributed by atoms with Crippen LogP contribution in [0.5, 0.6) is 0 Å². The van der Waals surface area contributed by atoms with Gasteiger partial charge in [0.1, 0.15) is 5.82 Å². The van der Waals surface area contributed by atoms with E-state index < -0.39 is 0 Å². The third-order valence-corrected chi connectivity index (χ3v) is 2.79. The van der Waals surface area contributed by atoms with E-state index >= 15 is 0 Å². The molecule has 0 unspecified atom stereocenters. The fraction of sp³-hybridized carbons (Fsp3) is 0.400. The molecule has 2 rings (SSSR count). The van der Waals surface area contributed by atoms with Gasteiger partial charge in [-0.15, -0.1) is 0 Å². The topological polar surface area (TPSA) is 40.7 Å². The van der Waals surface area contributed by atoms with Crippen molar-refractivity contribution in [3.8, 4) is 11.4 Å². The summed E-state index contributed by atoms with van der Waals surface area (Å²) in [6, 6.07) is 8.38. The van der Waals surface area contributed by atoms with Crippen LogP contribution in [0, 0.1) is 12.8 Å². The van der Waals surface area contributed by atoms with Gasteiger partial charge >= 0.3 is 0 Å². The molecule has 3 heteroatoms. The molecule has 18 heavy (non-hydrogen) atoms. The minimum Gasteiger partial charge on any atom is -0.341 e. The van der Waals surface area contributed by atoms with Gasteiger partial charge in [-0.2, -0.15) is 0 Å². The van der Waals surface area contributed by atoms with Crippen LogP contribution in [0.25, 0.3) is 11.4 Å². The Morgan fingerprint density at radius 2 is 2.17 bits per heavy atom. The van der Waals surface area contributed by atoms with Crippen LogP contribution < -0.4 is 5.32 Å². The van der Waals surface area contributed by atoms with Crippen LogP contribution in [0.2, 0.25) is 0 Å². The lowest BCUT2D eigenvalue weighted by Crippen LogP contribution is -2.19. The van der Waals surface area contributed by atoms with Crippen molar-refractivity contribution in [3.63, 3.8) is 0 Å². The third-order valence-electron chi connectivity index (χ3n) is 2.79. The van der Waals surface area contributed by atoms with Crippen molar-refractivity contribution < 1.29 is 0 Å². The predicted molar refractivity (Wildman–Crippen MR) is 75.3 cm³/mol. The Bertz CT molecular complexity index is 500. The fourth-order valence-electron chi connectivity index (χ4n) is 1.88. The molecule has 0 saturated heterocycles. The van der Waals surface area contributed by atoms with E-state index in [0.29, 0.717) is 5.92 Å². The normalized spacial score (nSPS) is 11.1. The van der Waals surface area contributed by atoms with Gasteiger partial charge in [0.15, 0.2) is 0 Å². The summed E-state index contributed by atoms with van der Waals surface area (Å²) in [5.74, 6) is 1.62. The lowest BCUT2D eigenvalue weighted by atomic mass is 10.1. The van der Waals surface area contributed by atoms with Crippen molar-refractivity contribution in [2.75, 3.05) is 6.54 Å². The Labute approximate surface area is 109 Å². The molecule has 0 atom stereocenters. The van der Waals surface area contributed by atoms with Crippen LogP contribution in [0.1, 0.15) is 25.1 Å². The molecule has 0 aliphatic heterocycles. The summed E-state index contributed by atoms with van der Waals surface area (Å²) in [6.07, 6.45) is 1.91. The van der Waals surface area contributed by atoms with E-state index in [9.17, 15) is 0 Å². The summed E-state index contributed by atoms with van der Waals surface area (Å²) >= 11 is 0. The molecular weight excluding hydrogens is 222 g/mol. The molecule has 0 aliphatic carbocycles. The zero-order chi connectivity index (χ0) is 13.0. The van der Waals surface area contributed by atoms with E-state index in [-0.39, 0.29) is 0 Å². The number of rotatable bonds is 5. The number of aryl methyl sites for hydroxylation is 1. The van der Waals surface area contributed by atoms with Gasteiger partial charge in [0, 0.05) is 24.0 Å². The lowest BCUT2D eigenvalue weighted by molar-refractivity contribution is 0.549. The molecule has 0 bridgehead atoms. The fourth-order valence-corrected chi connectivity index (χ4v) is 1.88. The summed E-state index contributed by atoms with van der Waals surface area (Å²) in [4.78, 5) is 7.79. The number of H-pyrrole nitrogens is 1. The van der Waals surface area contributed by atoms with Gasteiger partial charge < -0.3 is 10.3 Å². The first-order valence-corrected chi connectivity index (χ1v) is 6.47. The predicted octanol–water partition coefficient (Wildman–Crippen LogP) is 3.13. The first-order valence-electron chi connectivity index (χ1n) is 6.47. The Balaban J connectivity index is 2.02. The number of aromatic amines is 1. The quantitative estimate of drug-likeness (QED) is 0.847. The molecule has 96 valence electrons. The van der Waals surface area contributed by atoms with Crippen LogP contribution >= 0.6 is 0 Å². The SMILES string of the molecule is Cc1cccc(-c2ncc(CNCC(C)C)[nH]2)c1. The van der Waals surface area contributed by atoms with Gasteiger partial charge in [0.05, 0.1) is 0 Å². The number of hydrogen-bond donors (Lipinski definition) is 2. The van der Waals surface area contributed by atoms with E-state index in [1.165, 1.54) is 5.56 Å². The van der Waals surface area contributed by atoms with Gasteiger partial charge in [-0.3, -0.25) is 0 Å². The van der Waals surface area contributed by atoms with E-state index in [0.717, 1.165) is 30.2 Å². The molecule has 2 N–H and O–H groups in total. The maximum Gasteiger partial charge on any atom is 0.137 e. The Hall–Kier alpha value is -1.61. The molecule has 1 aromatic carbocycles. The van der Waals surface area contributed by atoms with Crippen molar-refractivity contribution in [2.24, 2.45) is 5.92 Å². The van der Waals surface area contributed by atoms with E-state index in [1.54, 1.807) is 0 Å². The van der Waals surface area contributed by atoms with Crippen molar-refractivity contribution >= 4 is 0 Å². The molecule has 2 aromatic rings. The van der Waals surface area contributed by atoms with Crippen LogP contribution in [-0.2, 0) is 6.54 Å². The monoisotopic (exact) mass is 243 g/mol. The highest BCUT2D eigenvalue weighted by Gasteiger charge is 2.03. The molecule has 0 spiro atoms. The molecule has 3 nitrogen and oxygen atoms in total. The number of nitrogens with zero attached hydrogens (tertiary/aromatic N) is 1. The maximum atomic E-state index is 4.43. The molecule has 1 heterocycles. The van der Waals surface area contributed by atoms with Crippen molar-refractivity contribution in [1.29, 1.82) is 0 Å². The van der Waals surface area contributed by atoms with Crippen LogP contribution in [-0.4, -0.2) is 16.5 Å². The smallest absolute Gasteiger partial charge is 0.137 e. The van der Waals surface area contributed by atoms with Crippen molar-refractivity contribution in [2.45, 2.75) is 27.3 Å². The van der Waals surface area contributed by atoms with Crippen LogP contribution in [0.15, 0.2) is 30.5 Å². The Morgan fingerprint density at radius 3 is 2.89 bits per heavy atom. The highest BCUT2D eigenvalue weighted by molar-refractivity contribution is 5.56. The largest absolute Gasteiger partial charge is 0.341 e. The maximum absolute atomic E-state index is 4.43. The minimum absolute atomic E-state index is 0.671. The van der Waals surface area contributed by atoms with Gasteiger partial charge in [-0.25, -0.2) is 4.98 Å². The van der Waals surface area contributed by atoms with E-state index in [4.69, 9.17) is 0 Å². The second-order valence-corrected chi connectivity index (χ2v) is 5.15. The number of hydrogen-bond acceptors (Lipinski definition) is 2. The highest BCUT2D eigenvalue weighted by Crippen LogP contribution is 2.16. The van der Waals surface area contributed by atoms with Crippen LogP contribution in [0.4, 0.5) is 0 Å². The molecule has 0 saturated carbocycles. The lowest BCUT2D eigenvalue weighted by Gasteiger charge is -2.05. The number of nitrogens with one attached hydrogen (secondary N) is 2. The van der Waals surface area contributed by atoms with Gasteiger partial charge in [-0.05, 0) is 25.5 Å². The highest BCUT2D eigenvalue weighted by atomic mass is 15.0. The molecule has 0 radical (unpaired) electrons. The first kappa shape index (κ1) is 12.8. The number of aromatic nitrogens is 2. The Morgan fingerprint density at radius 1 is 1.33 bits per heavy atom. The molecule has 0 fully saturated rings. The standard InChI is InChI=1S/C15H21N3/c1-11(2)8-16-9-14-10-17-15(18-14)13-6-4-5-12(3)7-13/h4-7,10-11,16H,8-9H2,1-3H3,(H,17,18). The summed E-state index contributed by atoms with van der Waals surface area (Å²) in [6.45, 7) is 8.38. The molecule has 0 amide bonds. The van der Waals surface area contributed by atoms with Gasteiger partial charge in [0.2, 0.25) is 0 Å². The first-order chi connectivity index (χ1) is 8.65. The van der Waals surface area contributed by atoms with Crippen LogP contribution in [0.3, 0.4) is 0 Å². The summed E-state index contributed by atoms with van der Waals surface area (Å²) in [5, 5.41) is 3.41. The second kappa shape index (κ2) is 5.83. The van der Waals surface area contributed by atoms with Gasteiger partial charge in [0.25, 0.3) is 0 Å². The zero-order valence-corrected chi connectivity index (χ0v) is 11.3. The van der Waals surface area contributed by atoms with E-state index in [2.05, 4.69) is 60.3 Å². The third kappa shape index (κ3) is 3.44. The summed E-state index contributed by atoms with van der Waals surface area (Å²) in [5.41, 5.74) is 3.53. The summed E-state index contributed by atoms with van der Waals surface area (Å²) in [7, 11) is 0. The Kier molecular flexibility index (Phi) is 4.15. The number of imidazole rings is 1. The average molecular weight is 243 g/mol.